The maximum Gasteiger partial charge on any atom is 0.320 e. The van der Waals surface area contributed by atoms with Crippen molar-refractivity contribution in [1.82, 2.24) is 9.80 Å². The van der Waals surface area contributed by atoms with Gasteiger partial charge in [-0.15, -0.1) is 0 Å². The Bertz CT molecular complexity index is 1030. The van der Waals surface area contributed by atoms with Crippen LogP contribution in [-0.2, 0) is 9.47 Å². The first kappa shape index (κ1) is 26.5. The first-order valence-corrected chi connectivity index (χ1v) is 12.8. The third kappa shape index (κ3) is 6.06. The number of nitrogens with two attached hydrogens (primary N) is 1. The highest BCUT2D eigenvalue weighted by molar-refractivity contribution is 5.75. The van der Waals surface area contributed by atoms with E-state index >= 15 is 4.39 Å². The predicted octanol–water partition coefficient (Wildman–Crippen LogP) is 3.53. The van der Waals surface area contributed by atoms with Crippen LogP contribution in [0.3, 0.4) is 0 Å². The molecule has 2 fully saturated rings. The molecule has 0 radical (unpaired) electrons. The summed E-state index contributed by atoms with van der Waals surface area (Å²) in [6.07, 6.45) is 1.58. The molecule has 36 heavy (non-hydrogen) atoms. The van der Waals surface area contributed by atoms with Gasteiger partial charge in [0.25, 0.3) is 0 Å². The maximum absolute atomic E-state index is 15.4. The van der Waals surface area contributed by atoms with E-state index in [0.29, 0.717) is 38.4 Å². The number of aliphatic hydroxyl groups excluding tert-OH is 1. The standard InChI is InChI=1S/C28H38FN3O4/c1-19-7-5-8-20(15-19)27-22(10-6-11-23(27)29)21(9-3-4-13-35-2)26-18-31(12-14-36-26)28(34)32-16-24(30)25(33)17-32/h5-8,10-11,15,21,24-26,33H,3-4,9,12-14,16-18,30H2,1-2H3/t21-,24-,25+,26-/m1/s1. The summed E-state index contributed by atoms with van der Waals surface area (Å²) in [5.74, 6) is -0.362. The second kappa shape index (κ2) is 12.1. The molecule has 2 aromatic rings. The average molecular weight is 500 g/mol. The molecule has 0 aliphatic carbocycles. The van der Waals surface area contributed by atoms with Crippen LogP contribution < -0.4 is 5.73 Å². The number of ether oxygens (including phenoxy) is 2. The Morgan fingerprint density at radius 1 is 1.19 bits per heavy atom. The first-order chi connectivity index (χ1) is 17.4. The fourth-order valence-electron chi connectivity index (χ4n) is 5.37. The van der Waals surface area contributed by atoms with Gasteiger partial charge in [-0.25, -0.2) is 9.18 Å². The molecule has 0 saturated carbocycles. The molecule has 8 heteroatoms. The van der Waals surface area contributed by atoms with E-state index in [1.807, 2.05) is 37.3 Å². The molecular formula is C28H38FN3O4. The van der Waals surface area contributed by atoms with Crippen molar-refractivity contribution in [3.63, 3.8) is 0 Å². The van der Waals surface area contributed by atoms with E-state index in [2.05, 4.69) is 0 Å². The number of nitrogens with zero attached hydrogens (tertiary/aromatic N) is 2. The summed E-state index contributed by atoms with van der Waals surface area (Å²) in [7, 11) is 1.69. The van der Waals surface area contributed by atoms with E-state index in [9.17, 15) is 9.90 Å². The van der Waals surface area contributed by atoms with Crippen molar-refractivity contribution in [3.8, 4) is 11.1 Å². The van der Waals surface area contributed by atoms with Gasteiger partial charge in [0.2, 0.25) is 0 Å². The Balaban J connectivity index is 1.62. The Morgan fingerprint density at radius 3 is 2.72 bits per heavy atom. The van der Waals surface area contributed by atoms with E-state index < -0.39 is 12.1 Å². The topological polar surface area (TPSA) is 88.3 Å². The van der Waals surface area contributed by atoms with Crippen molar-refractivity contribution in [2.24, 2.45) is 5.73 Å². The molecule has 0 unspecified atom stereocenters. The fraction of sp³-hybridized carbons (Fsp3) is 0.536. The van der Waals surface area contributed by atoms with Crippen LogP contribution in [-0.4, -0.2) is 85.7 Å². The van der Waals surface area contributed by atoms with Gasteiger partial charge in [-0.3, -0.25) is 0 Å². The average Bonchev–Trinajstić information content (AvgIpc) is 3.21. The highest BCUT2D eigenvalue weighted by atomic mass is 19.1. The summed E-state index contributed by atoms with van der Waals surface area (Å²) in [6, 6.07) is 12.6. The molecule has 4 atom stereocenters. The van der Waals surface area contributed by atoms with Crippen molar-refractivity contribution < 1.29 is 23.8 Å². The van der Waals surface area contributed by atoms with Crippen LogP contribution >= 0.6 is 0 Å². The van der Waals surface area contributed by atoms with E-state index in [4.69, 9.17) is 15.2 Å². The van der Waals surface area contributed by atoms with Gasteiger partial charge < -0.3 is 30.1 Å². The molecule has 3 N–H and O–H groups in total. The first-order valence-electron chi connectivity index (χ1n) is 12.8. The number of carbonyl (C=O) groups excluding carboxylic acids is 1. The lowest BCUT2D eigenvalue weighted by Gasteiger charge is -2.39. The monoisotopic (exact) mass is 499 g/mol. The number of hydrogen-bond acceptors (Lipinski definition) is 5. The summed E-state index contributed by atoms with van der Waals surface area (Å²) in [5.41, 5.74) is 9.33. The zero-order chi connectivity index (χ0) is 25.7. The molecule has 2 saturated heterocycles. The highest BCUT2D eigenvalue weighted by Crippen LogP contribution is 2.38. The van der Waals surface area contributed by atoms with Crippen LogP contribution in [0.2, 0.25) is 0 Å². The molecule has 2 aliphatic heterocycles. The molecule has 2 heterocycles. The number of β-amino-alcohol motifs (C(OH)–C–C–N with tert-alkyl or cyclic N) is 1. The summed E-state index contributed by atoms with van der Waals surface area (Å²) < 4.78 is 26.8. The van der Waals surface area contributed by atoms with Crippen molar-refractivity contribution in [3.05, 3.63) is 59.4 Å². The second-order valence-electron chi connectivity index (χ2n) is 9.94. The summed E-state index contributed by atoms with van der Waals surface area (Å²) >= 11 is 0. The Kier molecular flexibility index (Phi) is 8.95. The van der Waals surface area contributed by atoms with Gasteiger partial charge in [-0.1, -0.05) is 48.4 Å². The molecule has 2 aliphatic rings. The second-order valence-corrected chi connectivity index (χ2v) is 9.94. The van der Waals surface area contributed by atoms with Crippen molar-refractivity contribution >= 4 is 6.03 Å². The quantitative estimate of drug-likeness (QED) is 0.543. The number of rotatable bonds is 8. The van der Waals surface area contributed by atoms with Crippen LogP contribution in [0.1, 0.15) is 36.3 Å². The molecule has 0 bridgehead atoms. The summed E-state index contributed by atoms with van der Waals surface area (Å²) in [4.78, 5) is 16.6. The van der Waals surface area contributed by atoms with Gasteiger partial charge in [0.1, 0.15) is 5.82 Å². The number of likely N-dealkylation sites (tertiary alicyclic amines) is 1. The van der Waals surface area contributed by atoms with E-state index in [-0.39, 0.29) is 30.4 Å². The fourth-order valence-corrected chi connectivity index (χ4v) is 5.37. The number of amides is 2. The number of urea groups is 1. The Morgan fingerprint density at radius 2 is 2.00 bits per heavy atom. The zero-order valence-corrected chi connectivity index (χ0v) is 21.2. The third-order valence-corrected chi connectivity index (χ3v) is 7.28. The number of halogens is 1. The normalized spacial score (nSPS) is 23.2. The molecule has 0 spiro atoms. The Labute approximate surface area is 213 Å². The number of unbranched alkanes of at least 4 members (excludes halogenated alkanes) is 1. The number of aliphatic hydroxyl groups is 1. The minimum Gasteiger partial charge on any atom is -0.390 e. The SMILES string of the molecule is COCCCC[C@H](c1cccc(F)c1-c1cccc(C)c1)[C@H]1CN(C(=O)N2C[C@@H](N)[C@@H](O)C2)CCO1. The lowest BCUT2D eigenvalue weighted by Crippen LogP contribution is -2.52. The number of methoxy groups -OCH3 is 1. The maximum atomic E-state index is 15.4. The van der Waals surface area contributed by atoms with Gasteiger partial charge in [0.15, 0.2) is 0 Å². The van der Waals surface area contributed by atoms with Crippen molar-refractivity contribution in [1.29, 1.82) is 0 Å². The number of benzene rings is 2. The van der Waals surface area contributed by atoms with E-state index in [1.54, 1.807) is 23.0 Å². The summed E-state index contributed by atoms with van der Waals surface area (Å²) in [5, 5.41) is 10.0. The van der Waals surface area contributed by atoms with Crippen molar-refractivity contribution in [2.75, 3.05) is 46.5 Å². The summed E-state index contributed by atoms with van der Waals surface area (Å²) in [6.45, 7) is 4.52. The van der Waals surface area contributed by atoms with Gasteiger partial charge >= 0.3 is 6.03 Å². The zero-order valence-electron chi connectivity index (χ0n) is 21.2. The number of aryl methyl sites for hydroxylation is 1. The van der Waals surface area contributed by atoms with Gasteiger partial charge in [0.05, 0.1) is 18.8 Å². The molecule has 4 rings (SSSR count). The van der Waals surface area contributed by atoms with Gasteiger partial charge in [0, 0.05) is 57.4 Å². The number of morpholine rings is 1. The van der Waals surface area contributed by atoms with Gasteiger partial charge in [-0.05, 0) is 37.0 Å². The number of carbonyl (C=O) groups is 1. The third-order valence-electron chi connectivity index (χ3n) is 7.28. The van der Waals surface area contributed by atoms with E-state index in [0.717, 1.165) is 36.0 Å². The minimum atomic E-state index is -0.705. The van der Waals surface area contributed by atoms with Crippen molar-refractivity contribution in [2.45, 2.75) is 50.4 Å². The van der Waals surface area contributed by atoms with Crippen LogP contribution in [0.4, 0.5) is 9.18 Å². The smallest absolute Gasteiger partial charge is 0.320 e. The predicted molar refractivity (Wildman–Crippen MR) is 137 cm³/mol. The molecule has 2 aromatic carbocycles. The lowest BCUT2D eigenvalue weighted by atomic mass is 9.82. The molecule has 2 amide bonds. The van der Waals surface area contributed by atoms with Crippen LogP contribution in [0.25, 0.3) is 11.1 Å². The lowest BCUT2D eigenvalue weighted by molar-refractivity contribution is -0.0338. The number of hydrogen-bond donors (Lipinski definition) is 2. The molecule has 0 aromatic heterocycles. The largest absolute Gasteiger partial charge is 0.390 e. The van der Waals surface area contributed by atoms with Crippen LogP contribution in [0.15, 0.2) is 42.5 Å². The van der Waals surface area contributed by atoms with Crippen LogP contribution in [0, 0.1) is 12.7 Å². The molecule has 7 nitrogen and oxygen atoms in total. The highest BCUT2D eigenvalue weighted by Gasteiger charge is 2.38. The van der Waals surface area contributed by atoms with E-state index in [1.165, 1.54) is 6.07 Å². The van der Waals surface area contributed by atoms with Gasteiger partial charge in [-0.2, -0.15) is 0 Å². The molecular weight excluding hydrogens is 461 g/mol. The van der Waals surface area contributed by atoms with Crippen LogP contribution in [0.5, 0.6) is 0 Å². The minimum absolute atomic E-state index is 0.102. The Hall–Kier alpha value is -2.52. The molecule has 196 valence electrons.